The third kappa shape index (κ3) is 6.61. The van der Waals surface area contributed by atoms with Crippen LogP contribution in [-0.2, 0) is 9.47 Å². The van der Waals surface area contributed by atoms with Crippen LogP contribution in [0.2, 0.25) is 0 Å². The minimum absolute atomic E-state index is 0.412. The molecule has 0 heterocycles. The molecule has 0 saturated heterocycles. The van der Waals surface area contributed by atoms with Crippen LogP contribution in [0.3, 0.4) is 0 Å². The van der Waals surface area contributed by atoms with Crippen molar-refractivity contribution in [3.05, 3.63) is 0 Å². The first-order valence-corrected chi connectivity index (χ1v) is 6.46. The quantitative estimate of drug-likeness (QED) is 0.184. The number of methoxy groups -OCH3 is 1. The van der Waals surface area contributed by atoms with Crippen molar-refractivity contribution in [2.24, 2.45) is 10.8 Å². The topological polar surface area (TPSA) is 68.9 Å². The first-order chi connectivity index (χ1) is 8.36. The molecule has 1 aliphatic carbocycles. The molecule has 0 radical (unpaired) electrons. The molecule has 1 saturated carbocycles. The normalized spacial score (nSPS) is 19.1. The number of amidine groups is 1. The molecule has 0 aromatic heterocycles. The van der Waals surface area contributed by atoms with Crippen molar-refractivity contribution in [3.8, 4) is 0 Å². The van der Waals surface area contributed by atoms with Gasteiger partial charge < -0.3 is 14.9 Å². The molecule has 0 aliphatic heterocycles. The summed E-state index contributed by atoms with van der Waals surface area (Å²) in [6, 6.07) is 0.412. The second kappa shape index (κ2) is 9.39. The van der Waals surface area contributed by atoms with Crippen LogP contribution in [0.5, 0.6) is 0 Å². The Bertz CT molecular complexity index is 214. The number of hydrogen-bond acceptors (Lipinski definition) is 4. The van der Waals surface area contributed by atoms with E-state index in [4.69, 9.17) is 15.3 Å². The molecule has 0 spiro atoms. The van der Waals surface area contributed by atoms with Crippen molar-refractivity contribution < 1.29 is 9.47 Å². The van der Waals surface area contributed by atoms with Crippen molar-refractivity contribution in [2.45, 2.75) is 44.6 Å². The third-order valence-corrected chi connectivity index (χ3v) is 3.00. The van der Waals surface area contributed by atoms with Gasteiger partial charge in [0.25, 0.3) is 0 Å². The van der Waals surface area contributed by atoms with E-state index in [-0.39, 0.29) is 0 Å². The van der Waals surface area contributed by atoms with Crippen molar-refractivity contribution in [1.82, 2.24) is 5.43 Å². The second-order valence-corrected chi connectivity index (χ2v) is 4.41. The van der Waals surface area contributed by atoms with Crippen LogP contribution < -0.4 is 11.3 Å². The molecule has 0 aromatic rings. The van der Waals surface area contributed by atoms with E-state index in [2.05, 4.69) is 10.4 Å². The maximum absolute atomic E-state index is 5.45. The zero-order valence-corrected chi connectivity index (χ0v) is 10.8. The zero-order chi connectivity index (χ0) is 12.3. The Kier molecular flexibility index (Phi) is 7.96. The average Bonchev–Trinajstić information content (AvgIpc) is 2.61. The number of nitrogens with one attached hydrogen (secondary N) is 1. The Hall–Kier alpha value is -0.650. The fourth-order valence-corrected chi connectivity index (χ4v) is 2.03. The molecule has 1 rings (SSSR count). The first-order valence-electron chi connectivity index (χ1n) is 6.46. The molecule has 5 heteroatoms. The van der Waals surface area contributed by atoms with Crippen LogP contribution in [0, 0.1) is 0 Å². The molecule has 5 nitrogen and oxygen atoms in total. The van der Waals surface area contributed by atoms with Gasteiger partial charge in [0.15, 0.2) is 0 Å². The first kappa shape index (κ1) is 14.4. The van der Waals surface area contributed by atoms with Gasteiger partial charge >= 0.3 is 0 Å². The second-order valence-electron chi connectivity index (χ2n) is 4.41. The van der Waals surface area contributed by atoms with E-state index in [1.54, 1.807) is 7.11 Å². The number of aliphatic imine (C=N–C) groups is 1. The molecular formula is C12H25N3O2. The van der Waals surface area contributed by atoms with Crippen LogP contribution in [-0.4, -0.2) is 38.8 Å². The van der Waals surface area contributed by atoms with E-state index in [0.29, 0.717) is 25.9 Å². The highest BCUT2D eigenvalue weighted by Gasteiger charge is 2.11. The number of rotatable bonds is 6. The van der Waals surface area contributed by atoms with Gasteiger partial charge in [0.1, 0.15) is 12.4 Å². The van der Waals surface area contributed by atoms with Gasteiger partial charge in [-0.1, -0.05) is 25.7 Å². The highest BCUT2D eigenvalue weighted by Crippen LogP contribution is 2.19. The van der Waals surface area contributed by atoms with Crippen molar-refractivity contribution in [2.75, 3.05) is 26.9 Å². The largest absolute Gasteiger partial charge is 0.382 e. The maximum Gasteiger partial charge on any atom is 0.137 e. The molecule has 1 aliphatic rings. The van der Waals surface area contributed by atoms with Crippen LogP contribution >= 0.6 is 0 Å². The van der Waals surface area contributed by atoms with E-state index < -0.39 is 0 Å². The molecule has 17 heavy (non-hydrogen) atoms. The summed E-state index contributed by atoms with van der Waals surface area (Å²) in [6.45, 7) is 1.61. The number of hydrazine groups is 1. The fourth-order valence-electron chi connectivity index (χ4n) is 2.03. The van der Waals surface area contributed by atoms with Gasteiger partial charge in [-0.15, -0.1) is 0 Å². The molecule has 100 valence electrons. The Morgan fingerprint density at radius 1 is 1.24 bits per heavy atom. The maximum atomic E-state index is 5.45. The number of hydrogen-bond donors (Lipinski definition) is 2. The average molecular weight is 243 g/mol. The van der Waals surface area contributed by atoms with Gasteiger partial charge in [0.2, 0.25) is 0 Å². The lowest BCUT2D eigenvalue weighted by Gasteiger charge is -2.12. The molecular weight excluding hydrogens is 218 g/mol. The van der Waals surface area contributed by atoms with Crippen molar-refractivity contribution in [1.29, 1.82) is 0 Å². The molecule has 3 N–H and O–H groups in total. The van der Waals surface area contributed by atoms with Crippen LogP contribution in [0.4, 0.5) is 0 Å². The third-order valence-electron chi connectivity index (χ3n) is 3.00. The summed E-state index contributed by atoms with van der Waals surface area (Å²) in [5, 5.41) is 0. The molecule has 0 atom stereocenters. The Morgan fingerprint density at radius 2 is 1.94 bits per heavy atom. The van der Waals surface area contributed by atoms with E-state index in [1.165, 1.54) is 38.5 Å². The summed E-state index contributed by atoms with van der Waals surface area (Å²) >= 11 is 0. The highest BCUT2D eigenvalue weighted by molar-refractivity contribution is 5.82. The Morgan fingerprint density at radius 3 is 2.53 bits per heavy atom. The van der Waals surface area contributed by atoms with Gasteiger partial charge in [-0.2, -0.15) is 0 Å². The SMILES string of the molecule is COCCOCC(=NC1CCCCCC1)NN. The van der Waals surface area contributed by atoms with Gasteiger partial charge in [0, 0.05) is 7.11 Å². The number of ether oxygens (including phenoxy) is 2. The van der Waals surface area contributed by atoms with Crippen LogP contribution in [0.25, 0.3) is 0 Å². The lowest BCUT2D eigenvalue weighted by atomic mass is 10.1. The fraction of sp³-hybridized carbons (Fsp3) is 0.917. The monoisotopic (exact) mass is 243 g/mol. The van der Waals surface area contributed by atoms with Gasteiger partial charge in [-0.25, -0.2) is 5.84 Å². The minimum atomic E-state index is 0.412. The van der Waals surface area contributed by atoms with E-state index >= 15 is 0 Å². The zero-order valence-electron chi connectivity index (χ0n) is 10.8. The summed E-state index contributed by atoms with van der Waals surface area (Å²) in [5.41, 5.74) is 2.63. The standard InChI is InChI=1S/C12H25N3O2/c1-16-8-9-17-10-12(15-13)14-11-6-4-2-3-5-7-11/h11H,2-10,13H2,1H3,(H,14,15). The summed E-state index contributed by atoms with van der Waals surface area (Å²) in [7, 11) is 1.66. The molecule has 0 amide bonds. The summed E-state index contributed by atoms with van der Waals surface area (Å²) in [5.74, 6) is 6.20. The van der Waals surface area contributed by atoms with Crippen LogP contribution in [0.15, 0.2) is 4.99 Å². The number of nitrogens with two attached hydrogens (primary N) is 1. The van der Waals surface area contributed by atoms with Gasteiger partial charge in [-0.05, 0) is 12.8 Å². The molecule has 0 bridgehead atoms. The Labute approximate surface area is 104 Å². The van der Waals surface area contributed by atoms with E-state index in [9.17, 15) is 0 Å². The smallest absolute Gasteiger partial charge is 0.137 e. The molecule has 0 unspecified atom stereocenters. The lowest BCUT2D eigenvalue weighted by molar-refractivity contribution is 0.0890. The van der Waals surface area contributed by atoms with E-state index in [0.717, 1.165) is 5.84 Å². The predicted octanol–water partition coefficient (Wildman–Crippen LogP) is 1.23. The van der Waals surface area contributed by atoms with Gasteiger partial charge in [-0.3, -0.25) is 4.99 Å². The van der Waals surface area contributed by atoms with Crippen LogP contribution in [0.1, 0.15) is 38.5 Å². The summed E-state index contributed by atoms with van der Waals surface area (Å²) in [6.07, 6.45) is 7.56. The summed E-state index contributed by atoms with van der Waals surface area (Å²) < 4.78 is 10.3. The minimum Gasteiger partial charge on any atom is -0.382 e. The molecule has 1 fully saturated rings. The predicted molar refractivity (Wildman–Crippen MR) is 68.9 cm³/mol. The lowest BCUT2D eigenvalue weighted by Crippen LogP contribution is -2.35. The Balaban J connectivity index is 2.30. The highest BCUT2D eigenvalue weighted by atomic mass is 16.5. The van der Waals surface area contributed by atoms with Gasteiger partial charge in [0.05, 0.1) is 19.3 Å². The number of nitrogens with zero attached hydrogens (tertiary/aromatic N) is 1. The van der Waals surface area contributed by atoms with E-state index in [1.807, 2.05) is 0 Å². The van der Waals surface area contributed by atoms with Crippen molar-refractivity contribution >= 4 is 5.84 Å². The van der Waals surface area contributed by atoms with Crippen molar-refractivity contribution in [3.63, 3.8) is 0 Å². The molecule has 0 aromatic carbocycles. The summed E-state index contributed by atoms with van der Waals surface area (Å²) in [4.78, 5) is 4.63.